The van der Waals surface area contributed by atoms with Crippen LogP contribution in [0.3, 0.4) is 0 Å². The van der Waals surface area contributed by atoms with E-state index in [1.165, 1.54) is 7.05 Å². The minimum absolute atomic E-state index is 0.172. The summed E-state index contributed by atoms with van der Waals surface area (Å²) < 4.78 is 0. The number of aliphatic imine (C=N–C) groups is 1. The molecule has 0 aliphatic rings. The van der Waals surface area contributed by atoms with Gasteiger partial charge in [-0.05, 0) is 38.5 Å². The topological polar surface area (TPSA) is 146 Å². The number of hydroxylamine groups is 1. The highest BCUT2D eigenvalue weighted by atomic mass is 16.5. The van der Waals surface area contributed by atoms with Crippen molar-refractivity contribution in [3.63, 3.8) is 0 Å². The molecule has 0 aliphatic carbocycles. The van der Waals surface area contributed by atoms with Crippen LogP contribution in [0.2, 0.25) is 0 Å². The van der Waals surface area contributed by atoms with Gasteiger partial charge in [-0.2, -0.15) is 0 Å². The molecule has 0 aromatic carbocycles. The van der Waals surface area contributed by atoms with E-state index >= 15 is 0 Å². The zero-order valence-corrected chi connectivity index (χ0v) is 17.0. The Hall–Kier alpha value is -2.16. The molecule has 0 heterocycles. The predicted molar refractivity (Wildman–Crippen MR) is 104 cm³/mol. The average Bonchev–Trinajstić information content (AvgIpc) is 2.62. The van der Waals surface area contributed by atoms with Gasteiger partial charge in [0, 0.05) is 25.4 Å². The molecular formula is C18H35N5O4. The van der Waals surface area contributed by atoms with E-state index in [0.29, 0.717) is 31.6 Å². The predicted octanol–water partition coefficient (Wildman–Crippen LogP) is 0.568. The Kier molecular flexibility index (Phi) is 12.0. The van der Waals surface area contributed by atoms with Crippen LogP contribution in [0.25, 0.3) is 0 Å². The molecular weight excluding hydrogens is 350 g/mol. The lowest BCUT2D eigenvalue weighted by Crippen LogP contribution is -2.50. The molecule has 156 valence electrons. The maximum atomic E-state index is 12.8. The van der Waals surface area contributed by atoms with E-state index in [4.69, 9.17) is 10.9 Å². The summed E-state index contributed by atoms with van der Waals surface area (Å²) in [6.45, 7) is 7.76. The smallest absolute Gasteiger partial charge is 0.246 e. The zero-order valence-electron chi connectivity index (χ0n) is 17.0. The number of carbonyl (C=O) groups is 3. The number of amidine groups is 1. The summed E-state index contributed by atoms with van der Waals surface area (Å²) in [6, 6.07) is -0.690. The molecule has 0 aliphatic heterocycles. The SMILES string of the molecule is CNC(=O)[C@H](CCCCN=C(C)N)NC(=O)[C@@H](CC(C)C)C(C)C(=O)NO. The quantitative estimate of drug-likeness (QED) is 0.110. The number of rotatable bonds is 12. The summed E-state index contributed by atoms with van der Waals surface area (Å²) in [6.07, 6.45) is 2.36. The molecule has 3 atom stereocenters. The minimum Gasteiger partial charge on any atom is -0.388 e. The average molecular weight is 386 g/mol. The first-order valence-electron chi connectivity index (χ1n) is 9.36. The molecule has 9 nitrogen and oxygen atoms in total. The van der Waals surface area contributed by atoms with Crippen LogP contribution < -0.4 is 21.8 Å². The normalized spacial score (nSPS) is 15.0. The fourth-order valence-electron chi connectivity index (χ4n) is 2.77. The van der Waals surface area contributed by atoms with E-state index in [9.17, 15) is 14.4 Å². The van der Waals surface area contributed by atoms with E-state index in [-0.39, 0.29) is 17.7 Å². The molecule has 0 rings (SSSR count). The van der Waals surface area contributed by atoms with Gasteiger partial charge in [0.15, 0.2) is 0 Å². The van der Waals surface area contributed by atoms with E-state index in [1.807, 2.05) is 13.8 Å². The van der Waals surface area contributed by atoms with Gasteiger partial charge in [-0.3, -0.25) is 24.6 Å². The Morgan fingerprint density at radius 3 is 2.19 bits per heavy atom. The van der Waals surface area contributed by atoms with Gasteiger partial charge in [-0.15, -0.1) is 0 Å². The van der Waals surface area contributed by atoms with Gasteiger partial charge < -0.3 is 16.4 Å². The van der Waals surface area contributed by atoms with Crippen LogP contribution in [-0.2, 0) is 14.4 Å². The third-order valence-corrected chi connectivity index (χ3v) is 4.33. The summed E-state index contributed by atoms with van der Waals surface area (Å²) in [5.41, 5.74) is 7.08. The molecule has 9 heteroatoms. The fourth-order valence-corrected chi connectivity index (χ4v) is 2.77. The summed E-state index contributed by atoms with van der Waals surface area (Å²) in [4.78, 5) is 40.8. The molecule has 0 aromatic heterocycles. The van der Waals surface area contributed by atoms with E-state index in [0.717, 1.165) is 6.42 Å². The van der Waals surface area contributed by atoms with Crippen molar-refractivity contribution in [3.8, 4) is 0 Å². The number of likely N-dealkylation sites (N-methyl/N-ethyl adjacent to an activating group) is 1. The van der Waals surface area contributed by atoms with Crippen molar-refractivity contribution in [2.24, 2.45) is 28.5 Å². The van der Waals surface area contributed by atoms with Crippen molar-refractivity contribution in [1.82, 2.24) is 16.1 Å². The van der Waals surface area contributed by atoms with Crippen molar-refractivity contribution in [2.45, 2.75) is 59.4 Å². The van der Waals surface area contributed by atoms with E-state index < -0.39 is 23.8 Å². The third kappa shape index (κ3) is 9.93. The van der Waals surface area contributed by atoms with Crippen LogP contribution >= 0.6 is 0 Å². The van der Waals surface area contributed by atoms with Crippen LogP contribution in [0.4, 0.5) is 0 Å². The second-order valence-corrected chi connectivity index (χ2v) is 7.20. The van der Waals surface area contributed by atoms with Crippen LogP contribution in [0.1, 0.15) is 53.4 Å². The Labute approximate surface area is 161 Å². The summed E-state index contributed by atoms with van der Waals surface area (Å²) >= 11 is 0. The number of nitrogens with two attached hydrogens (primary N) is 1. The van der Waals surface area contributed by atoms with Crippen molar-refractivity contribution in [1.29, 1.82) is 0 Å². The van der Waals surface area contributed by atoms with Gasteiger partial charge in [0.1, 0.15) is 6.04 Å². The first kappa shape index (κ1) is 24.8. The van der Waals surface area contributed by atoms with Crippen LogP contribution in [0, 0.1) is 17.8 Å². The second kappa shape index (κ2) is 13.1. The monoisotopic (exact) mass is 385 g/mol. The molecule has 0 saturated carbocycles. The standard InChI is InChI=1S/C18H35N5O4/c1-11(2)10-14(12(3)16(24)23-27)17(25)22-15(18(26)20-5)8-6-7-9-21-13(4)19/h11-12,14-15,27H,6-10H2,1-5H3,(H2,19,21)(H,20,26)(H,22,25)(H,23,24)/t12?,14-,15-/m0/s1. The molecule has 0 spiro atoms. The maximum Gasteiger partial charge on any atom is 0.246 e. The lowest BCUT2D eigenvalue weighted by molar-refractivity contribution is -0.141. The number of hydrogen-bond acceptors (Lipinski definition) is 5. The van der Waals surface area contributed by atoms with Crippen molar-refractivity contribution in [3.05, 3.63) is 0 Å². The van der Waals surface area contributed by atoms with Gasteiger partial charge in [-0.25, -0.2) is 5.48 Å². The molecule has 0 fully saturated rings. The molecule has 3 amide bonds. The zero-order chi connectivity index (χ0) is 21.0. The second-order valence-electron chi connectivity index (χ2n) is 7.20. The summed E-state index contributed by atoms with van der Waals surface area (Å²) in [5, 5.41) is 14.2. The highest BCUT2D eigenvalue weighted by molar-refractivity contribution is 5.91. The number of unbranched alkanes of at least 4 members (excludes halogenated alkanes) is 1. The Morgan fingerprint density at radius 1 is 1.07 bits per heavy atom. The lowest BCUT2D eigenvalue weighted by Gasteiger charge is -2.26. The van der Waals surface area contributed by atoms with E-state index in [2.05, 4.69) is 15.6 Å². The van der Waals surface area contributed by atoms with Crippen LogP contribution in [0.5, 0.6) is 0 Å². The van der Waals surface area contributed by atoms with Crippen molar-refractivity contribution < 1.29 is 19.6 Å². The maximum absolute atomic E-state index is 12.8. The van der Waals surface area contributed by atoms with Gasteiger partial charge >= 0.3 is 0 Å². The molecule has 0 radical (unpaired) electrons. The van der Waals surface area contributed by atoms with Crippen LogP contribution in [0.15, 0.2) is 4.99 Å². The molecule has 27 heavy (non-hydrogen) atoms. The molecule has 0 aromatic rings. The van der Waals surface area contributed by atoms with E-state index in [1.54, 1.807) is 19.3 Å². The number of hydrogen-bond donors (Lipinski definition) is 5. The lowest BCUT2D eigenvalue weighted by atomic mass is 9.85. The van der Waals surface area contributed by atoms with Gasteiger partial charge in [-0.1, -0.05) is 20.8 Å². The largest absolute Gasteiger partial charge is 0.388 e. The number of carbonyl (C=O) groups excluding carboxylic acids is 3. The summed E-state index contributed by atoms with van der Waals surface area (Å²) in [5.74, 6) is -1.96. The minimum atomic E-state index is -0.718. The Bertz CT molecular complexity index is 518. The molecule has 0 saturated heterocycles. The third-order valence-electron chi connectivity index (χ3n) is 4.33. The fraction of sp³-hybridized carbons (Fsp3) is 0.778. The highest BCUT2D eigenvalue weighted by Gasteiger charge is 2.32. The number of nitrogens with one attached hydrogen (secondary N) is 3. The number of amides is 3. The van der Waals surface area contributed by atoms with Crippen LogP contribution in [-0.4, -0.2) is 48.4 Å². The molecule has 1 unspecified atom stereocenters. The molecule has 0 bridgehead atoms. The molecule has 6 N–H and O–H groups in total. The first-order valence-corrected chi connectivity index (χ1v) is 9.36. The number of nitrogens with zero attached hydrogens (tertiary/aromatic N) is 1. The summed E-state index contributed by atoms with van der Waals surface area (Å²) in [7, 11) is 1.51. The van der Waals surface area contributed by atoms with Crippen molar-refractivity contribution in [2.75, 3.05) is 13.6 Å². The highest BCUT2D eigenvalue weighted by Crippen LogP contribution is 2.22. The van der Waals surface area contributed by atoms with Gasteiger partial charge in [0.05, 0.1) is 5.84 Å². The van der Waals surface area contributed by atoms with Gasteiger partial charge in [0.2, 0.25) is 17.7 Å². The van der Waals surface area contributed by atoms with Gasteiger partial charge in [0.25, 0.3) is 0 Å². The van der Waals surface area contributed by atoms with Crippen molar-refractivity contribution >= 4 is 23.6 Å². The Balaban J connectivity index is 5.01. The Morgan fingerprint density at radius 2 is 1.70 bits per heavy atom. The first-order chi connectivity index (χ1) is 12.6.